The quantitative estimate of drug-likeness (QED) is 0.465. The highest BCUT2D eigenvalue weighted by molar-refractivity contribution is 7.99. The van der Waals surface area contributed by atoms with Crippen LogP contribution < -0.4 is 16.1 Å². The highest BCUT2D eigenvalue weighted by Crippen LogP contribution is 2.24. The number of nitrogens with one attached hydrogen (secondary N) is 1. The summed E-state index contributed by atoms with van der Waals surface area (Å²) in [6.45, 7) is 4.23. The summed E-state index contributed by atoms with van der Waals surface area (Å²) in [7, 11) is 0. The smallest absolute Gasteiger partial charge is 0.234 e. The van der Waals surface area contributed by atoms with E-state index in [4.69, 9.17) is 5.84 Å². The number of nitrogen functional groups attached to an aromatic ring is 1. The summed E-state index contributed by atoms with van der Waals surface area (Å²) < 4.78 is 1.43. The number of benzene rings is 2. The molecule has 1 amide bonds. The largest absolute Gasteiger partial charge is 0.372 e. The van der Waals surface area contributed by atoms with Gasteiger partial charge in [0.25, 0.3) is 0 Å². The molecule has 4 rings (SSSR count). The molecule has 0 spiro atoms. The number of carbonyl (C=O) groups is 1. The number of nitrogens with zero attached hydrogens (tertiary/aromatic N) is 4. The molecule has 1 aromatic heterocycles. The summed E-state index contributed by atoms with van der Waals surface area (Å²) in [6, 6.07) is 16.0. The molecule has 0 unspecified atom stereocenters. The van der Waals surface area contributed by atoms with E-state index >= 15 is 0 Å². The average molecular weight is 423 g/mol. The van der Waals surface area contributed by atoms with Crippen molar-refractivity contribution in [3.63, 3.8) is 0 Å². The number of piperidine rings is 1. The zero-order valence-electron chi connectivity index (χ0n) is 17.0. The first-order valence-corrected chi connectivity index (χ1v) is 11.1. The fourth-order valence-electron chi connectivity index (χ4n) is 3.51. The van der Waals surface area contributed by atoms with E-state index in [2.05, 4.69) is 32.5 Å². The molecule has 3 aromatic rings. The lowest BCUT2D eigenvalue weighted by Crippen LogP contribution is -2.29. The molecule has 1 fully saturated rings. The van der Waals surface area contributed by atoms with E-state index in [0.717, 1.165) is 29.9 Å². The van der Waals surface area contributed by atoms with Gasteiger partial charge in [0, 0.05) is 30.0 Å². The third-order valence-electron chi connectivity index (χ3n) is 5.18. The summed E-state index contributed by atoms with van der Waals surface area (Å²) >= 11 is 1.26. The van der Waals surface area contributed by atoms with Crippen LogP contribution in [0.2, 0.25) is 0 Å². The summed E-state index contributed by atoms with van der Waals surface area (Å²) in [4.78, 5) is 14.8. The second-order valence-electron chi connectivity index (χ2n) is 7.47. The van der Waals surface area contributed by atoms with Crippen LogP contribution in [0, 0.1) is 6.92 Å². The van der Waals surface area contributed by atoms with Gasteiger partial charge in [0.05, 0.1) is 5.75 Å². The number of anilines is 2. The number of nitrogens with two attached hydrogens (primary N) is 1. The normalized spacial score (nSPS) is 14.0. The molecule has 0 radical (unpaired) electrons. The second kappa shape index (κ2) is 9.21. The zero-order chi connectivity index (χ0) is 20.9. The molecule has 0 aliphatic carbocycles. The van der Waals surface area contributed by atoms with Gasteiger partial charge in [-0.1, -0.05) is 41.6 Å². The first-order chi connectivity index (χ1) is 14.6. The molecule has 0 saturated carbocycles. The molecule has 30 heavy (non-hydrogen) atoms. The second-order valence-corrected chi connectivity index (χ2v) is 8.42. The van der Waals surface area contributed by atoms with Crippen molar-refractivity contribution in [1.29, 1.82) is 0 Å². The van der Waals surface area contributed by atoms with Crippen molar-refractivity contribution in [1.82, 2.24) is 14.9 Å². The minimum absolute atomic E-state index is 0.106. The van der Waals surface area contributed by atoms with Crippen LogP contribution in [0.1, 0.15) is 24.8 Å². The molecule has 2 heterocycles. The van der Waals surface area contributed by atoms with Crippen molar-refractivity contribution in [2.24, 2.45) is 0 Å². The Hall–Kier alpha value is -3.00. The van der Waals surface area contributed by atoms with Gasteiger partial charge in [-0.3, -0.25) is 4.79 Å². The SMILES string of the molecule is Cc1ccc(-c2nnc(SCC(=O)Nc3ccc(N4CCCCC4)cc3)n2N)cc1. The maximum absolute atomic E-state index is 12.4. The Morgan fingerprint density at radius 1 is 1.03 bits per heavy atom. The standard InChI is InChI=1S/C22H26N6OS/c1-16-5-7-17(8-6-16)21-25-26-22(28(21)23)30-15-20(29)24-18-9-11-19(12-10-18)27-13-3-2-4-14-27/h5-12H,2-4,13-15,23H2,1H3,(H,24,29). The van der Waals surface area contributed by atoms with Gasteiger partial charge in [-0.25, -0.2) is 4.68 Å². The molecule has 156 valence electrons. The number of rotatable bonds is 6. The highest BCUT2D eigenvalue weighted by Gasteiger charge is 2.14. The van der Waals surface area contributed by atoms with Crippen LogP contribution in [0.25, 0.3) is 11.4 Å². The van der Waals surface area contributed by atoms with Crippen molar-refractivity contribution in [3.8, 4) is 11.4 Å². The Kier molecular flexibility index (Phi) is 6.23. The van der Waals surface area contributed by atoms with Gasteiger partial charge in [0.1, 0.15) is 0 Å². The molecule has 8 heteroatoms. The monoisotopic (exact) mass is 422 g/mol. The number of aryl methyl sites for hydroxylation is 1. The Morgan fingerprint density at radius 3 is 2.43 bits per heavy atom. The summed E-state index contributed by atoms with van der Waals surface area (Å²) in [5.74, 6) is 6.81. The lowest BCUT2D eigenvalue weighted by atomic mass is 10.1. The van der Waals surface area contributed by atoms with Crippen molar-refractivity contribution >= 4 is 29.0 Å². The van der Waals surface area contributed by atoms with E-state index in [-0.39, 0.29) is 11.7 Å². The molecule has 7 nitrogen and oxygen atoms in total. The van der Waals surface area contributed by atoms with Crippen LogP contribution in [0.4, 0.5) is 11.4 Å². The minimum Gasteiger partial charge on any atom is -0.372 e. The topological polar surface area (TPSA) is 89.1 Å². The fourth-order valence-corrected chi connectivity index (χ4v) is 4.17. The van der Waals surface area contributed by atoms with E-state index in [9.17, 15) is 4.79 Å². The first kappa shape index (κ1) is 20.3. The Labute approximate surface area is 180 Å². The van der Waals surface area contributed by atoms with Crippen molar-refractivity contribution in [2.75, 3.05) is 34.9 Å². The fraction of sp³-hybridized carbons (Fsp3) is 0.318. The summed E-state index contributed by atoms with van der Waals surface area (Å²) in [5, 5.41) is 11.7. The van der Waals surface area contributed by atoms with E-state index in [1.54, 1.807) is 0 Å². The molecule has 2 aromatic carbocycles. The summed E-state index contributed by atoms with van der Waals surface area (Å²) in [6.07, 6.45) is 3.80. The predicted octanol–water partition coefficient (Wildman–Crippen LogP) is 3.69. The van der Waals surface area contributed by atoms with Crippen molar-refractivity contribution < 1.29 is 4.79 Å². The number of carbonyl (C=O) groups excluding carboxylic acids is 1. The summed E-state index contributed by atoms with van der Waals surface area (Å²) in [5.41, 5.74) is 4.05. The van der Waals surface area contributed by atoms with Crippen LogP contribution >= 0.6 is 11.8 Å². The van der Waals surface area contributed by atoms with Gasteiger partial charge < -0.3 is 16.1 Å². The van der Waals surface area contributed by atoms with E-state index in [1.807, 2.05) is 43.3 Å². The maximum Gasteiger partial charge on any atom is 0.234 e. The molecular formula is C22H26N6OS. The van der Waals surface area contributed by atoms with Gasteiger partial charge in [-0.2, -0.15) is 0 Å². The Morgan fingerprint density at radius 2 is 1.73 bits per heavy atom. The lowest BCUT2D eigenvalue weighted by Gasteiger charge is -2.28. The number of aromatic nitrogens is 3. The van der Waals surface area contributed by atoms with E-state index < -0.39 is 0 Å². The molecule has 3 N–H and O–H groups in total. The average Bonchev–Trinajstić information content (AvgIpc) is 3.14. The van der Waals surface area contributed by atoms with Crippen LogP contribution in [-0.2, 0) is 4.79 Å². The van der Waals surface area contributed by atoms with Gasteiger partial charge in [-0.05, 0) is 50.5 Å². The highest BCUT2D eigenvalue weighted by atomic mass is 32.2. The molecule has 1 saturated heterocycles. The van der Waals surface area contributed by atoms with Crippen LogP contribution in [0.15, 0.2) is 53.7 Å². The van der Waals surface area contributed by atoms with Crippen LogP contribution in [0.3, 0.4) is 0 Å². The third-order valence-corrected chi connectivity index (χ3v) is 6.12. The first-order valence-electron chi connectivity index (χ1n) is 10.2. The zero-order valence-corrected chi connectivity index (χ0v) is 17.9. The molecule has 0 bridgehead atoms. The number of hydrogen-bond acceptors (Lipinski definition) is 6. The molecule has 1 aliphatic heterocycles. The van der Waals surface area contributed by atoms with Crippen molar-refractivity contribution in [2.45, 2.75) is 31.3 Å². The minimum atomic E-state index is -0.106. The van der Waals surface area contributed by atoms with Crippen molar-refractivity contribution in [3.05, 3.63) is 54.1 Å². The van der Waals surface area contributed by atoms with Gasteiger partial charge >= 0.3 is 0 Å². The maximum atomic E-state index is 12.4. The number of amides is 1. The van der Waals surface area contributed by atoms with Gasteiger partial charge in [0.15, 0.2) is 5.82 Å². The molecule has 0 atom stereocenters. The lowest BCUT2D eigenvalue weighted by molar-refractivity contribution is -0.113. The van der Waals surface area contributed by atoms with Gasteiger partial charge in [-0.15, -0.1) is 10.2 Å². The van der Waals surface area contributed by atoms with Crippen LogP contribution in [-0.4, -0.2) is 39.6 Å². The van der Waals surface area contributed by atoms with Gasteiger partial charge in [0.2, 0.25) is 11.1 Å². The third kappa shape index (κ3) is 4.76. The Balaban J connectivity index is 1.32. The molecule has 1 aliphatic rings. The molecular weight excluding hydrogens is 396 g/mol. The van der Waals surface area contributed by atoms with E-state index in [1.165, 1.54) is 41.4 Å². The number of thioether (sulfide) groups is 1. The number of hydrogen-bond donors (Lipinski definition) is 2. The Bertz CT molecular complexity index is 993. The van der Waals surface area contributed by atoms with Crippen LogP contribution in [0.5, 0.6) is 0 Å². The van der Waals surface area contributed by atoms with E-state index in [0.29, 0.717) is 11.0 Å². The predicted molar refractivity (Wildman–Crippen MR) is 122 cm³/mol.